The summed E-state index contributed by atoms with van der Waals surface area (Å²) in [6.07, 6.45) is 0. The molecule has 3 aromatic carbocycles. The molecule has 0 spiro atoms. The molecule has 0 fully saturated rings. The first-order valence-corrected chi connectivity index (χ1v) is 9.66. The van der Waals surface area contributed by atoms with Gasteiger partial charge >= 0.3 is 0 Å². The monoisotopic (exact) mass is 363 g/mol. The van der Waals surface area contributed by atoms with Crippen LogP contribution in [0.1, 0.15) is 24.0 Å². The summed E-state index contributed by atoms with van der Waals surface area (Å²) < 4.78 is 0. The van der Waals surface area contributed by atoms with Crippen molar-refractivity contribution in [1.29, 1.82) is 0 Å². The van der Waals surface area contributed by atoms with Gasteiger partial charge in [-0.15, -0.1) is 0 Å². The standard InChI is InChI=1S/C23H25NOS/c1-23(25,17-24-2)22(18-9-5-3-6-10-18)19-13-15-21(16-14-19)26-20-11-7-4-8-12-20/h3-16,22,24-25H,17H2,1-2H3. The number of hydrogen-bond acceptors (Lipinski definition) is 3. The second-order valence-electron chi connectivity index (χ2n) is 6.72. The molecule has 0 bridgehead atoms. The fourth-order valence-corrected chi connectivity index (χ4v) is 4.21. The average molecular weight is 364 g/mol. The summed E-state index contributed by atoms with van der Waals surface area (Å²) in [6, 6.07) is 29.1. The summed E-state index contributed by atoms with van der Waals surface area (Å²) >= 11 is 1.75. The van der Waals surface area contributed by atoms with Crippen LogP contribution in [0.4, 0.5) is 0 Å². The Hall–Kier alpha value is -2.07. The summed E-state index contributed by atoms with van der Waals surface area (Å²) in [5.74, 6) is -0.0908. The van der Waals surface area contributed by atoms with Gasteiger partial charge in [0.25, 0.3) is 0 Å². The summed E-state index contributed by atoms with van der Waals surface area (Å²) in [6.45, 7) is 2.42. The van der Waals surface area contributed by atoms with Crippen molar-refractivity contribution in [2.24, 2.45) is 0 Å². The molecule has 0 radical (unpaired) electrons. The zero-order chi connectivity index (χ0) is 18.4. The Kier molecular flexibility index (Phi) is 6.15. The Balaban J connectivity index is 1.89. The molecule has 2 unspecified atom stereocenters. The van der Waals surface area contributed by atoms with E-state index in [2.05, 4.69) is 66.0 Å². The predicted octanol–water partition coefficient (Wildman–Crippen LogP) is 4.94. The van der Waals surface area contributed by atoms with Gasteiger partial charge < -0.3 is 10.4 Å². The van der Waals surface area contributed by atoms with E-state index in [1.165, 1.54) is 9.79 Å². The van der Waals surface area contributed by atoms with E-state index in [1.807, 2.05) is 38.2 Å². The molecule has 26 heavy (non-hydrogen) atoms. The van der Waals surface area contributed by atoms with Crippen LogP contribution in [0.5, 0.6) is 0 Å². The van der Waals surface area contributed by atoms with Gasteiger partial charge in [-0.05, 0) is 49.4 Å². The number of hydrogen-bond donors (Lipinski definition) is 2. The lowest BCUT2D eigenvalue weighted by Crippen LogP contribution is -2.42. The van der Waals surface area contributed by atoms with Crippen molar-refractivity contribution >= 4 is 11.8 Å². The molecule has 3 heteroatoms. The van der Waals surface area contributed by atoms with E-state index in [0.29, 0.717) is 6.54 Å². The van der Waals surface area contributed by atoms with Crippen LogP contribution in [0.25, 0.3) is 0 Å². The Labute approximate surface area is 160 Å². The van der Waals surface area contributed by atoms with E-state index in [1.54, 1.807) is 11.8 Å². The molecule has 2 N–H and O–H groups in total. The minimum Gasteiger partial charge on any atom is -0.388 e. The molecule has 0 aliphatic carbocycles. The number of benzene rings is 3. The molecule has 0 saturated heterocycles. The van der Waals surface area contributed by atoms with E-state index < -0.39 is 5.60 Å². The Morgan fingerprint density at radius 1 is 0.808 bits per heavy atom. The highest BCUT2D eigenvalue weighted by Gasteiger charge is 2.33. The Bertz CT molecular complexity index is 801. The Morgan fingerprint density at radius 3 is 1.88 bits per heavy atom. The van der Waals surface area contributed by atoms with Crippen LogP contribution in [0, 0.1) is 0 Å². The summed E-state index contributed by atoms with van der Waals surface area (Å²) in [5.41, 5.74) is 1.36. The number of rotatable bonds is 7. The van der Waals surface area contributed by atoms with E-state index in [9.17, 15) is 5.11 Å². The quantitative estimate of drug-likeness (QED) is 0.623. The lowest BCUT2D eigenvalue weighted by atomic mass is 9.78. The maximum atomic E-state index is 11.1. The maximum Gasteiger partial charge on any atom is 0.0851 e. The van der Waals surface area contributed by atoms with Gasteiger partial charge in [0.1, 0.15) is 0 Å². The van der Waals surface area contributed by atoms with Crippen LogP contribution in [0.3, 0.4) is 0 Å². The lowest BCUT2D eigenvalue weighted by Gasteiger charge is -2.34. The lowest BCUT2D eigenvalue weighted by molar-refractivity contribution is 0.0448. The third-order valence-electron chi connectivity index (χ3n) is 4.48. The molecule has 2 nitrogen and oxygen atoms in total. The van der Waals surface area contributed by atoms with Crippen molar-refractivity contribution in [1.82, 2.24) is 5.32 Å². The Morgan fingerprint density at radius 2 is 1.31 bits per heavy atom. The molecule has 0 aromatic heterocycles. The van der Waals surface area contributed by atoms with Gasteiger partial charge in [-0.3, -0.25) is 0 Å². The first kappa shape index (κ1) is 18.7. The van der Waals surface area contributed by atoms with Gasteiger partial charge in [0, 0.05) is 22.3 Å². The molecule has 0 saturated carbocycles. The fraction of sp³-hybridized carbons (Fsp3) is 0.217. The highest BCUT2D eigenvalue weighted by atomic mass is 32.2. The molecule has 0 aliphatic heterocycles. The predicted molar refractivity (Wildman–Crippen MR) is 110 cm³/mol. The van der Waals surface area contributed by atoms with E-state index in [4.69, 9.17) is 0 Å². The number of aliphatic hydroxyl groups is 1. The van der Waals surface area contributed by atoms with E-state index >= 15 is 0 Å². The number of nitrogens with one attached hydrogen (secondary N) is 1. The van der Waals surface area contributed by atoms with Gasteiger partial charge in [0.2, 0.25) is 0 Å². The van der Waals surface area contributed by atoms with Crippen LogP contribution < -0.4 is 5.32 Å². The third-order valence-corrected chi connectivity index (χ3v) is 5.50. The molecular weight excluding hydrogens is 338 g/mol. The average Bonchev–Trinajstić information content (AvgIpc) is 2.65. The molecule has 3 aromatic rings. The van der Waals surface area contributed by atoms with Crippen molar-refractivity contribution in [2.45, 2.75) is 28.2 Å². The zero-order valence-corrected chi connectivity index (χ0v) is 16.0. The minimum absolute atomic E-state index is 0.0908. The van der Waals surface area contributed by atoms with Gasteiger partial charge in [-0.25, -0.2) is 0 Å². The topological polar surface area (TPSA) is 32.3 Å². The van der Waals surface area contributed by atoms with Gasteiger partial charge in [-0.2, -0.15) is 0 Å². The van der Waals surface area contributed by atoms with Crippen LogP contribution >= 0.6 is 11.8 Å². The SMILES string of the molecule is CNCC(C)(O)C(c1ccccc1)c1ccc(Sc2ccccc2)cc1. The van der Waals surface area contributed by atoms with Crippen LogP contribution in [0.2, 0.25) is 0 Å². The summed E-state index contributed by atoms with van der Waals surface area (Å²) in [4.78, 5) is 2.42. The first-order chi connectivity index (χ1) is 12.6. The first-order valence-electron chi connectivity index (χ1n) is 8.85. The molecule has 134 valence electrons. The van der Waals surface area contributed by atoms with Crippen molar-refractivity contribution < 1.29 is 5.11 Å². The smallest absolute Gasteiger partial charge is 0.0851 e. The van der Waals surface area contributed by atoms with Gasteiger partial charge in [-0.1, -0.05) is 72.4 Å². The number of likely N-dealkylation sites (N-methyl/N-ethyl adjacent to an activating group) is 1. The van der Waals surface area contributed by atoms with Crippen LogP contribution in [0.15, 0.2) is 94.7 Å². The maximum absolute atomic E-state index is 11.1. The summed E-state index contributed by atoms with van der Waals surface area (Å²) in [7, 11) is 1.87. The van der Waals surface area contributed by atoms with Crippen LogP contribution in [-0.2, 0) is 0 Å². The van der Waals surface area contributed by atoms with Crippen molar-refractivity contribution in [2.75, 3.05) is 13.6 Å². The molecule has 0 heterocycles. The fourth-order valence-electron chi connectivity index (χ4n) is 3.37. The second-order valence-corrected chi connectivity index (χ2v) is 7.86. The van der Waals surface area contributed by atoms with Gasteiger partial charge in [0.05, 0.1) is 5.60 Å². The van der Waals surface area contributed by atoms with Gasteiger partial charge in [0.15, 0.2) is 0 Å². The van der Waals surface area contributed by atoms with E-state index in [-0.39, 0.29) is 5.92 Å². The molecular formula is C23H25NOS. The molecule has 0 aliphatic rings. The molecule has 0 amide bonds. The molecule has 2 atom stereocenters. The van der Waals surface area contributed by atoms with Crippen molar-refractivity contribution in [3.63, 3.8) is 0 Å². The highest BCUT2D eigenvalue weighted by Crippen LogP contribution is 2.36. The second kappa shape index (κ2) is 8.54. The molecule has 3 rings (SSSR count). The largest absolute Gasteiger partial charge is 0.388 e. The van der Waals surface area contributed by atoms with E-state index in [0.717, 1.165) is 11.1 Å². The van der Waals surface area contributed by atoms with Crippen molar-refractivity contribution in [3.05, 3.63) is 96.1 Å². The normalized spacial score (nSPS) is 14.6. The third kappa shape index (κ3) is 4.55. The highest BCUT2D eigenvalue weighted by molar-refractivity contribution is 7.99. The summed E-state index contributed by atoms with van der Waals surface area (Å²) in [5, 5.41) is 14.2. The minimum atomic E-state index is -0.885. The van der Waals surface area contributed by atoms with Crippen LogP contribution in [-0.4, -0.2) is 24.3 Å². The zero-order valence-electron chi connectivity index (χ0n) is 15.2. The van der Waals surface area contributed by atoms with Crippen molar-refractivity contribution in [3.8, 4) is 0 Å².